The first-order valence-electron chi connectivity index (χ1n) is 12.3. The maximum absolute atomic E-state index is 13.8. The topological polar surface area (TPSA) is 129 Å². The van der Waals surface area contributed by atoms with Gasteiger partial charge in [-0.25, -0.2) is 4.68 Å². The molecule has 3 fully saturated rings. The van der Waals surface area contributed by atoms with Crippen LogP contribution in [0.3, 0.4) is 0 Å². The van der Waals surface area contributed by atoms with Gasteiger partial charge in [-0.05, 0) is 51.2 Å². The van der Waals surface area contributed by atoms with Crippen molar-refractivity contribution in [3.05, 3.63) is 24.3 Å². The van der Waals surface area contributed by atoms with E-state index in [1.807, 2.05) is 24.3 Å². The molecule has 0 saturated carbocycles. The van der Waals surface area contributed by atoms with Crippen molar-refractivity contribution in [2.24, 2.45) is 11.8 Å². The smallest absolute Gasteiger partial charge is 0.245 e. The number of hydrogen-bond acceptors (Lipinski definition) is 7. The summed E-state index contributed by atoms with van der Waals surface area (Å²) < 4.78 is 0.636. The van der Waals surface area contributed by atoms with Crippen molar-refractivity contribution in [2.45, 2.75) is 61.2 Å². The van der Waals surface area contributed by atoms with Crippen LogP contribution in [0.1, 0.15) is 39.0 Å². The van der Waals surface area contributed by atoms with Crippen LogP contribution in [0.15, 0.2) is 24.3 Å². The lowest BCUT2D eigenvalue weighted by Crippen LogP contribution is -2.54. The van der Waals surface area contributed by atoms with Crippen LogP contribution < -0.4 is 10.6 Å². The molecule has 5 atom stereocenters. The van der Waals surface area contributed by atoms with Crippen molar-refractivity contribution in [1.82, 2.24) is 30.5 Å². The van der Waals surface area contributed by atoms with Crippen LogP contribution in [0, 0.1) is 11.8 Å². The number of carbonyl (C=O) groups excluding carboxylic acids is 3. The van der Waals surface area contributed by atoms with Crippen molar-refractivity contribution >= 4 is 40.5 Å². The number of unbranched alkanes of at least 4 members (excludes halogenated alkanes) is 2. The Morgan fingerprint density at radius 2 is 2.00 bits per heavy atom. The molecule has 2 unspecified atom stereocenters. The number of aliphatic hydroxyl groups is 1. The fraction of sp³-hybridized carbons (Fsp3) is 0.625. The SMILES string of the molecule is CNC(=O)[C@H]1[C@H]2C(=O)N(CCCCCO)C(C(=O)NCn3nnc4ccccc43)C23CC[C@]1(C)S3. The molecule has 2 bridgehead atoms. The summed E-state index contributed by atoms with van der Waals surface area (Å²) in [5, 5.41) is 23.2. The number of rotatable bonds is 9. The van der Waals surface area contributed by atoms with Crippen LogP contribution in [0.5, 0.6) is 0 Å². The highest BCUT2D eigenvalue weighted by atomic mass is 32.2. The van der Waals surface area contributed by atoms with Crippen LogP contribution in [0.4, 0.5) is 0 Å². The van der Waals surface area contributed by atoms with Gasteiger partial charge in [-0.3, -0.25) is 14.4 Å². The van der Waals surface area contributed by atoms with Gasteiger partial charge in [0.1, 0.15) is 18.2 Å². The number of nitrogens with one attached hydrogen (secondary N) is 2. The third-order valence-electron chi connectivity index (χ3n) is 7.93. The second-order valence-electron chi connectivity index (χ2n) is 9.93. The van der Waals surface area contributed by atoms with Gasteiger partial charge >= 0.3 is 0 Å². The molecule has 1 aromatic heterocycles. The van der Waals surface area contributed by atoms with Gasteiger partial charge in [-0.15, -0.1) is 16.9 Å². The molecule has 3 aliphatic heterocycles. The Hall–Kier alpha value is -2.66. The Morgan fingerprint density at radius 1 is 1.20 bits per heavy atom. The highest BCUT2D eigenvalue weighted by molar-refractivity contribution is 8.02. The summed E-state index contributed by atoms with van der Waals surface area (Å²) >= 11 is 1.66. The molecule has 3 aliphatic rings. The second kappa shape index (κ2) is 9.09. The summed E-state index contributed by atoms with van der Waals surface area (Å²) in [6.07, 6.45) is 3.62. The number of nitrogens with zero attached hydrogens (tertiary/aromatic N) is 4. The van der Waals surface area contributed by atoms with E-state index in [4.69, 9.17) is 5.11 Å². The molecule has 3 N–H and O–H groups in total. The van der Waals surface area contributed by atoms with Crippen molar-refractivity contribution in [3.63, 3.8) is 0 Å². The van der Waals surface area contributed by atoms with Crippen molar-refractivity contribution < 1.29 is 19.5 Å². The number of carbonyl (C=O) groups is 3. The van der Waals surface area contributed by atoms with Crippen molar-refractivity contribution in [1.29, 1.82) is 0 Å². The number of likely N-dealkylation sites (tertiary alicyclic amines) is 1. The Balaban J connectivity index is 1.43. The molecule has 5 rings (SSSR count). The largest absolute Gasteiger partial charge is 0.396 e. The lowest BCUT2D eigenvalue weighted by atomic mass is 9.66. The second-order valence-corrected chi connectivity index (χ2v) is 11.8. The predicted octanol–water partition coefficient (Wildman–Crippen LogP) is 0.895. The zero-order valence-corrected chi connectivity index (χ0v) is 20.9. The Morgan fingerprint density at radius 3 is 2.77 bits per heavy atom. The van der Waals surface area contributed by atoms with E-state index in [-0.39, 0.29) is 35.7 Å². The van der Waals surface area contributed by atoms with E-state index in [1.165, 1.54) is 0 Å². The molecule has 2 aromatic rings. The molecular weight excluding hydrogens is 468 g/mol. The standard InChI is InChI=1S/C24H32N6O4S/c1-23-10-11-24(35-23)18(17(23)20(32)25-2)22(34)29(12-6-3-7-13-31)19(24)21(33)26-14-30-16-9-5-4-8-15(16)27-28-30/h4-5,8-9,17-19,31H,3,6-7,10-14H2,1-2H3,(H,25,32)(H,26,33)/t17-,18+,19?,23+,24?/m1/s1. The van der Waals surface area contributed by atoms with E-state index in [2.05, 4.69) is 27.9 Å². The summed E-state index contributed by atoms with van der Waals surface area (Å²) in [4.78, 5) is 42.2. The molecule has 3 saturated heterocycles. The summed E-state index contributed by atoms with van der Waals surface area (Å²) in [6, 6.07) is 6.87. The Bertz CT molecular complexity index is 1160. The molecule has 3 amide bonds. The molecular formula is C24H32N6O4S. The minimum Gasteiger partial charge on any atom is -0.396 e. The number of hydrogen-bond donors (Lipinski definition) is 3. The van der Waals surface area contributed by atoms with E-state index < -0.39 is 22.6 Å². The number of para-hydroxylation sites is 1. The first-order chi connectivity index (χ1) is 16.9. The molecule has 10 nitrogen and oxygen atoms in total. The fourth-order valence-electron chi connectivity index (χ4n) is 6.38. The van der Waals surface area contributed by atoms with Crippen LogP contribution in [0.25, 0.3) is 11.0 Å². The minimum atomic E-state index is -0.662. The van der Waals surface area contributed by atoms with Crippen LogP contribution in [-0.2, 0) is 21.1 Å². The summed E-state index contributed by atoms with van der Waals surface area (Å²) in [5.74, 6) is -1.44. The Labute approximate surface area is 208 Å². The van der Waals surface area contributed by atoms with Crippen LogP contribution in [0.2, 0.25) is 0 Å². The van der Waals surface area contributed by atoms with Gasteiger partial charge in [-0.2, -0.15) is 0 Å². The summed E-state index contributed by atoms with van der Waals surface area (Å²) in [6.45, 7) is 2.73. The molecule has 1 spiro atoms. The zero-order valence-electron chi connectivity index (χ0n) is 20.1. The number of aliphatic hydroxyl groups excluding tert-OH is 1. The number of thioether (sulfide) groups is 1. The maximum Gasteiger partial charge on any atom is 0.245 e. The summed E-state index contributed by atoms with van der Waals surface area (Å²) in [7, 11) is 1.60. The fourth-order valence-corrected chi connectivity index (χ4v) is 8.73. The van der Waals surface area contributed by atoms with Gasteiger partial charge in [0.15, 0.2) is 0 Å². The molecule has 0 aliphatic carbocycles. The van der Waals surface area contributed by atoms with E-state index in [1.54, 1.807) is 28.4 Å². The molecule has 4 heterocycles. The van der Waals surface area contributed by atoms with E-state index in [0.29, 0.717) is 19.4 Å². The lowest BCUT2D eigenvalue weighted by Gasteiger charge is -2.34. The molecule has 0 radical (unpaired) electrons. The van der Waals surface area contributed by atoms with Crippen LogP contribution >= 0.6 is 11.8 Å². The molecule has 35 heavy (non-hydrogen) atoms. The van der Waals surface area contributed by atoms with Gasteiger partial charge < -0.3 is 20.6 Å². The van der Waals surface area contributed by atoms with Crippen molar-refractivity contribution in [3.8, 4) is 0 Å². The third kappa shape index (κ3) is 3.70. The van der Waals surface area contributed by atoms with Crippen molar-refractivity contribution in [2.75, 3.05) is 20.2 Å². The van der Waals surface area contributed by atoms with Gasteiger partial charge in [0.2, 0.25) is 17.7 Å². The first kappa shape index (κ1) is 24.1. The molecule has 188 valence electrons. The monoisotopic (exact) mass is 500 g/mol. The quantitative estimate of drug-likeness (QED) is 0.436. The zero-order chi connectivity index (χ0) is 24.8. The predicted molar refractivity (Wildman–Crippen MR) is 131 cm³/mol. The Kier molecular flexibility index (Phi) is 6.25. The number of aromatic nitrogens is 3. The highest BCUT2D eigenvalue weighted by Gasteiger charge is 2.76. The average Bonchev–Trinajstić information content (AvgIpc) is 3.56. The maximum atomic E-state index is 13.8. The van der Waals surface area contributed by atoms with E-state index in [9.17, 15) is 14.4 Å². The highest BCUT2D eigenvalue weighted by Crippen LogP contribution is 2.71. The van der Waals surface area contributed by atoms with Crippen LogP contribution in [-0.4, -0.2) is 78.5 Å². The number of amides is 3. The first-order valence-corrected chi connectivity index (χ1v) is 13.1. The number of fused-ring (bicyclic) bond motifs is 2. The minimum absolute atomic E-state index is 0.100. The number of benzene rings is 1. The average molecular weight is 501 g/mol. The van der Waals surface area contributed by atoms with Gasteiger partial charge in [0.05, 0.1) is 22.1 Å². The van der Waals surface area contributed by atoms with Gasteiger partial charge in [0.25, 0.3) is 0 Å². The van der Waals surface area contributed by atoms with E-state index >= 15 is 0 Å². The molecule has 1 aromatic carbocycles. The summed E-state index contributed by atoms with van der Waals surface area (Å²) in [5.41, 5.74) is 1.56. The normalized spacial score (nSPS) is 31.2. The molecule has 11 heteroatoms. The van der Waals surface area contributed by atoms with Gasteiger partial charge in [0, 0.05) is 24.9 Å². The van der Waals surface area contributed by atoms with E-state index in [0.717, 1.165) is 30.3 Å². The third-order valence-corrected chi connectivity index (χ3v) is 9.92. The lowest BCUT2D eigenvalue weighted by molar-refractivity contribution is -0.140. The van der Waals surface area contributed by atoms with Gasteiger partial charge in [-0.1, -0.05) is 17.3 Å².